The molecular formula is C13H23N5O. The van der Waals surface area contributed by atoms with Gasteiger partial charge in [0.25, 0.3) is 5.91 Å². The molecule has 1 atom stereocenters. The van der Waals surface area contributed by atoms with Crippen molar-refractivity contribution in [3.63, 3.8) is 0 Å². The Bertz CT molecular complexity index is 422. The zero-order valence-corrected chi connectivity index (χ0v) is 11.9. The lowest BCUT2D eigenvalue weighted by Gasteiger charge is -2.30. The standard InChI is InChI=1S/C13H23N5O/c1-9(2)11(18-6-4-5-7-18)8-14-13(19)12-15-10(3)16-17-12/h9,11H,4-8H2,1-3H3,(H,14,19)(H,15,16,17). The summed E-state index contributed by atoms with van der Waals surface area (Å²) < 4.78 is 0. The van der Waals surface area contributed by atoms with Crippen LogP contribution >= 0.6 is 0 Å². The average molecular weight is 265 g/mol. The number of nitrogens with one attached hydrogen (secondary N) is 2. The number of carbonyl (C=O) groups is 1. The largest absolute Gasteiger partial charge is 0.348 e. The van der Waals surface area contributed by atoms with Gasteiger partial charge in [-0.3, -0.25) is 14.8 Å². The second kappa shape index (κ2) is 6.14. The minimum Gasteiger partial charge on any atom is -0.348 e. The molecule has 2 N–H and O–H groups in total. The van der Waals surface area contributed by atoms with Gasteiger partial charge < -0.3 is 5.32 Å². The van der Waals surface area contributed by atoms with Gasteiger partial charge in [-0.15, -0.1) is 5.10 Å². The molecule has 2 rings (SSSR count). The molecule has 0 spiro atoms. The molecule has 0 saturated carbocycles. The van der Waals surface area contributed by atoms with Crippen LogP contribution in [0.1, 0.15) is 43.1 Å². The van der Waals surface area contributed by atoms with Crippen molar-refractivity contribution in [1.82, 2.24) is 25.4 Å². The number of hydrogen-bond acceptors (Lipinski definition) is 4. The highest BCUT2D eigenvalue weighted by Crippen LogP contribution is 2.17. The molecule has 1 aromatic heterocycles. The Balaban J connectivity index is 1.89. The Morgan fingerprint density at radius 1 is 1.42 bits per heavy atom. The monoisotopic (exact) mass is 265 g/mol. The van der Waals surface area contributed by atoms with Crippen LogP contribution in [0.15, 0.2) is 0 Å². The summed E-state index contributed by atoms with van der Waals surface area (Å²) in [5.74, 6) is 1.20. The van der Waals surface area contributed by atoms with E-state index >= 15 is 0 Å². The van der Waals surface area contributed by atoms with Crippen LogP contribution in [-0.2, 0) is 0 Å². The van der Waals surface area contributed by atoms with Gasteiger partial charge in [0.2, 0.25) is 5.82 Å². The van der Waals surface area contributed by atoms with E-state index in [0.29, 0.717) is 24.3 Å². The van der Waals surface area contributed by atoms with E-state index in [-0.39, 0.29) is 11.7 Å². The number of aromatic amines is 1. The minimum atomic E-state index is -0.200. The number of aryl methyl sites for hydroxylation is 1. The van der Waals surface area contributed by atoms with Crippen LogP contribution < -0.4 is 5.32 Å². The third kappa shape index (κ3) is 3.53. The number of H-pyrrole nitrogens is 1. The number of aromatic nitrogens is 3. The maximum Gasteiger partial charge on any atom is 0.291 e. The summed E-state index contributed by atoms with van der Waals surface area (Å²) >= 11 is 0. The van der Waals surface area contributed by atoms with Gasteiger partial charge in [-0.1, -0.05) is 13.8 Å². The van der Waals surface area contributed by atoms with Crippen LogP contribution in [0.25, 0.3) is 0 Å². The van der Waals surface area contributed by atoms with E-state index in [2.05, 4.69) is 39.2 Å². The smallest absolute Gasteiger partial charge is 0.291 e. The lowest BCUT2D eigenvalue weighted by Crippen LogP contribution is -2.45. The van der Waals surface area contributed by atoms with Gasteiger partial charge in [0.15, 0.2) is 0 Å². The number of nitrogens with zero attached hydrogens (tertiary/aromatic N) is 3. The van der Waals surface area contributed by atoms with Gasteiger partial charge in [0, 0.05) is 12.6 Å². The maximum atomic E-state index is 11.9. The molecule has 1 saturated heterocycles. The van der Waals surface area contributed by atoms with Gasteiger partial charge >= 0.3 is 0 Å². The second-order valence-corrected chi connectivity index (χ2v) is 5.51. The van der Waals surface area contributed by atoms with Crippen molar-refractivity contribution >= 4 is 5.91 Å². The zero-order valence-electron chi connectivity index (χ0n) is 11.9. The number of hydrogen-bond donors (Lipinski definition) is 2. The molecule has 1 fully saturated rings. The number of rotatable bonds is 5. The van der Waals surface area contributed by atoms with E-state index in [0.717, 1.165) is 13.1 Å². The van der Waals surface area contributed by atoms with E-state index in [1.807, 2.05) is 0 Å². The van der Waals surface area contributed by atoms with Crippen LogP contribution in [0.5, 0.6) is 0 Å². The van der Waals surface area contributed by atoms with E-state index in [9.17, 15) is 4.79 Å². The van der Waals surface area contributed by atoms with Gasteiger partial charge in [0.05, 0.1) is 0 Å². The Hall–Kier alpha value is -1.43. The van der Waals surface area contributed by atoms with Crippen molar-refractivity contribution < 1.29 is 4.79 Å². The molecule has 2 heterocycles. The summed E-state index contributed by atoms with van der Waals surface area (Å²) in [7, 11) is 0. The molecule has 1 unspecified atom stereocenters. The van der Waals surface area contributed by atoms with Crippen molar-refractivity contribution in [2.75, 3.05) is 19.6 Å². The van der Waals surface area contributed by atoms with Crippen molar-refractivity contribution in [2.45, 2.75) is 39.7 Å². The SMILES string of the molecule is Cc1nc(C(=O)NCC(C(C)C)N2CCCC2)n[nH]1. The molecule has 1 amide bonds. The summed E-state index contributed by atoms with van der Waals surface area (Å²) in [5, 5.41) is 9.50. The molecule has 0 aromatic carbocycles. The number of carbonyl (C=O) groups excluding carboxylic acids is 1. The molecular weight excluding hydrogens is 242 g/mol. The highest BCUT2D eigenvalue weighted by atomic mass is 16.2. The van der Waals surface area contributed by atoms with Gasteiger partial charge in [-0.05, 0) is 38.8 Å². The van der Waals surface area contributed by atoms with Gasteiger partial charge in [0.1, 0.15) is 5.82 Å². The van der Waals surface area contributed by atoms with E-state index in [4.69, 9.17) is 0 Å². The zero-order chi connectivity index (χ0) is 13.8. The van der Waals surface area contributed by atoms with E-state index in [1.54, 1.807) is 6.92 Å². The lowest BCUT2D eigenvalue weighted by atomic mass is 10.0. The van der Waals surface area contributed by atoms with Crippen molar-refractivity contribution in [2.24, 2.45) is 5.92 Å². The average Bonchev–Trinajstić information content (AvgIpc) is 3.00. The van der Waals surface area contributed by atoms with Crippen LogP contribution in [0.4, 0.5) is 0 Å². The molecule has 0 radical (unpaired) electrons. The maximum absolute atomic E-state index is 11.9. The molecule has 19 heavy (non-hydrogen) atoms. The van der Waals surface area contributed by atoms with Crippen LogP contribution in [0.3, 0.4) is 0 Å². The summed E-state index contributed by atoms with van der Waals surface area (Å²) in [6.45, 7) is 9.12. The van der Waals surface area contributed by atoms with Crippen molar-refractivity contribution in [3.05, 3.63) is 11.6 Å². The Kier molecular flexibility index (Phi) is 4.52. The van der Waals surface area contributed by atoms with Crippen molar-refractivity contribution in [1.29, 1.82) is 0 Å². The number of amides is 1. The summed E-state index contributed by atoms with van der Waals surface area (Å²) in [4.78, 5) is 18.4. The molecule has 0 aliphatic carbocycles. The molecule has 0 bridgehead atoms. The first-order valence-corrected chi connectivity index (χ1v) is 6.99. The fourth-order valence-corrected chi connectivity index (χ4v) is 2.58. The first-order valence-electron chi connectivity index (χ1n) is 6.99. The van der Waals surface area contributed by atoms with Crippen LogP contribution in [0.2, 0.25) is 0 Å². The summed E-state index contributed by atoms with van der Waals surface area (Å²) in [6.07, 6.45) is 2.52. The summed E-state index contributed by atoms with van der Waals surface area (Å²) in [5.41, 5.74) is 0. The Morgan fingerprint density at radius 2 is 2.11 bits per heavy atom. The topological polar surface area (TPSA) is 73.9 Å². The third-order valence-electron chi connectivity index (χ3n) is 3.65. The first kappa shape index (κ1) is 14.0. The minimum absolute atomic E-state index is 0.200. The third-order valence-corrected chi connectivity index (χ3v) is 3.65. The molecule has 1 aromatic rings. The van der Waals surface area contributed by atoms with Gasteiger partial charge in [-0.25, -0.2) is 4.98 Å². The fraction of sp³-hybridized carbons (Fsp3) is 0.769. The molecule has 6 nitrogen and oxygen atoms in total. The predicted molar refractivity (Wildman–Crippen MR) is 72.9 cm³/mol. The lowest BCUT2D eigenvalue weighted by molar-refractivity contribution is 0.0917. The molecule has 1 aliphatic rings. The Morgan fingerprint density at radius 3 is 2.63 bits per heavy atom. The van der Waals surface area contributed by atoms with Crippen LogP contribution in [0, 0.1) is 12.8 Å². The summed E-state index contributed by atoms with van der Waals surface area (Å²) in [6, 6.07) is 0.395. The van der Waals surface area contributed by atoms with Gasteiger partial charge in [-0.2, -0.15) is 0 Å². The normalized spacial score (nSPS) is 17.9. The second-order valence-electron chi connectivity index (χ2n) is 5.51. The molecule has 6 heteroatoms. The predicted octanol–water partition coefficient (Wildman–Crippen LogP) is 0.963. The molecule has 106 valence electrons. The number of likely N-dealkylation sites (tertiary alicyclic amines) is 1. The quantitative estimate of drug-likeness (QED) is 0.831. The van der Waals surface area contributed by atoms with E-state index < -0.39 is 0 Å². The van der Waals surface area contributed by atoms with Crippen LogP contribution in [-0.4, -0.2) is 51.7 Å². The first-order chi connectivity index (χ1) is 9.08. The highest BCUT2D eigenvalue weighted by molar-refractivity contribution is 5.90. The van der Waals surface area contributed by atoms with Crippen molar-refractivity contribution in [3.8, 4) is 0 Å². The fourth-order valence-electron chi connectivity index (χ4n) is 2.58. The highest BCUT2D eigenvalue weighted by Gasteiger charge is 2.25. The Labute approximate surface area is 114 Å². The molecule has 1 aliphatic heterocycles. The van der Waals surface area contributed by atoms with E-state index in [1.165, 1.54) is 12.8 Å².